The van der Waals surface area contributed by atoms with Crippen molar-refractivity contribution in [2.45, 2.75) is 39.2 Å². The zero-order valence-electron chi connectivity index (χ0n) is 18.7. The number of nitriles is 1. The van der Waals surface area contributed by atoms with Crippen LogP contribution in [0.5, 0.6) is 5.75 Å². The molecule has 3 rings (SSSR count). The van der Waals surface area contributed by atoms with Crippen molar-refractivity contribution < 1.29 is 14.3 Å². The van der Waals surface area contributed by atoms with E-state index in [-0.39, 0.29) is 29.7 Å². The molecule has 168 valence electrons. The fourth-order valence-electron chi connectivity index (χ4n) is 4.47. The number of piperazine rings is 1. The minimum Gasteiger partial charge on any atom is -0.493 e. The van der Waals surface area contributed by atoms with Crippen LogP contribution in [0.15, 0.2) is 30.3 Å². The Kier molecular flexibility index (Phi) is 8.30. The Bertz CT molecular complexity index is 769. The number of carbonyl (C=O) groups is 2. The average molecular weight is 427 g/mol. The van der Waals surface area contributed by atoms with E-state index in [2.05, 4.69) is 24.8 Å². The number of piperidine rings is 1. The summed E-state index contributed by atoms with van der Waals surface area (Å²) in [6, 6.07) is 11.8. The van der Waals surface area contributed by atoms with Gasteiger partial charge in [0.25, 0.3) is 0 Å². The van der Waals surface area contributed by atoms with Crippen molar-refractivity contribution in [2.75, 3.05) is 45.9 Å². The van der Waals surface area contributed by atoms with Gasteiger partial charge in [-0.25, -0.2) is 0 Å². The minimum absolute atomic E-state index is 0.0482. The number of benzene rings is 1. The van der Waals surface area contributed by atoms with Gasteiger partial charge in [0.15, 0.2) is 0 Å². The second-order valence-electron chi connectivity index (χ2n) is 8.77. The molecule has 7 nitrogen and oxygen atoms in total. The molecule has 0 saturated carbocycles. The molecule has 0 N–H and O–H groups in total. The number of ether oxygens (including phenoxy) is 1. The van der Waals surface area contributed by atoms with Crippen molar-refractivity contribution in [3.63, 3.8) is 0 Å². The maximum absolute atomic E-state index is 13.1. The van der Waals surface area contributed by atoms with Gasteiger partial charge in [-0.1, -0.05) is 32.0 Å². The molecule has 2 fully saturated rings. The minimum atomic E-state index is -0.129. The molecule has 2 saturated heterocycles. The zero-order chi connectivity index (χ0) is 22.2. The second kappa shape index (κ2) is 11.1. The van der Waals surface area contributed by atoms with E-state index in [1.54, 1.807) is 0 Å². The summed E-state index contributed by atoms with van der Waals surface area (Å²) >= 11 is 0. The monoisotopic (exact) mass is 426 g/mol. The van der Waals surface area contributed by atoms with Gasteiger partial charge < -0.3 is 14.5 Å². The number of carbonyl (C=O) groups excluding carboxylic acids is 2. The lowest BCUT2D eigenvalue weighted by Gasteiger charge is -2.40. The van der Waals surface area contributed by atoms with Crippen LogP contribution in [0.25, 0.3) is 0 Å². The number of rotatable bonds is 7. The van der Waals surface area contributed by atoms with Crippen LogP contribution in [0.1, 0.15) is 33.1 Å². The number of amides is 2. The largest absolute Gasteiger partial charge is 0.493 e. The number of nitrogens with zero attached hydrogens (tertiary/aromatic N) is 4. The Morgan fingerprint density at radius 3 is 2.45 bits per heavy atom. The van der Waals surface area contributed by atoms with Crippen LogP contribution in [0, 0.1) is 23.2 Å². The van der Waals surface area contributed by atoms with Crippen LogP contribution < -0.4 is 4.74 Å². The smallest absolute Gasteiger partial charge is 0.227 e. The fourth-order valence-corrected chi connectivity index (χ4v) is 4.47. The van der Waals surface area contributed by atoms with Gasteiger partial charge in [-0.05, 0) is 30.9 Å². The fraction of sp³-hybridized carbons (Fsp3) is 0.625. The SMILES string of the molecule is CC(C)C(C#N)N1CCN(C(=O)C2CCCN(C(=O)CCOc3ccccc3)C2)CC1. The van der Waals surface area contributed by atoms with Crippen LogP contribution in [0.3, 0.4) is 0 Å². The van der Waals surface area contributed by atoms with Crippen LogP contribution in [0.2, 0.25) is 0 Å². The normalized spacial score (nSPS) is 20.9. The number of hydrogen-bond donors (Lipinski definition) is 0. The highest BCUT2D eigenvalue weighted by atomic mass is 16.5. The molecule has 31 heavy (non-hydrogen) atoms. The zero-order valence-corrected chi connectivity index (χ0v) is 18.7. The molecule has 1 aromatic rings. The van der Waals surface area contributed by atoms with Crippen LogP contribution in [0.4, 0.5) is 0 Å². The molecule has 0 aliphatic carbocycles. The molecule has 2 unspecified atom stereocenters. The van der Waals surface area contributed by atoms with E-state index in [0.29, 0.717) is 39.2 Å². The lowest BCUT2D eigenvalue weighted by molar-refractivity contribution is -0.142. The summed E-state index contributed by atoms with van der Waals surface area (Å²) in [4.78, 5) is 31.6. The van der Waals surface area contributed by atoms with Gasteiger partial charge in [-0.15, -0.1) is 0 Å². The van der Waals surface area contributed by atoms with E-state index in [9.17, 15) is 14.9 Å². The Morgan fingerprint density at radius 1 is 1.10 bits per heavy atom. The third-order valence-electron chi connectivity index (χ3n) is 6.23. The highest BCUT2D eigenvalue weighted by Gasteiger charge is 2.34. The first kappa shape index (κ1) is 23.1. The summed E-state index contributed by atoms with van der Waals surface area (Å²) in [6.45, 7) is 8.43. The van der Waals surface area contributed by atoms with Gasteiger partial charge in [-0.3, -0.25) is 14.5 Å². The van der Waals surface area contributed by atoms with Crippen molar-refractivity contribution in [3.8, 4) is 11.8 Å². The van der Waals surface area contributed by atoms with Gasteiger partial charge in [-0.2, -0.15) is 5.26 Å². The third-order valence-corrected chi connectivity index (χ3v) is 6.23. The van der Waals surface area contributed by atoms with E-state index in [4.69, 9.17) is 4.74 Å². The lowest BCUT2D eigenvalue weighted by atomic mass is 9.95. The second-order valence-corrected chi connectivity index (χ2v) is 8.77. The molecule has 1 aromatic carbocycles. The molecule has 0 spiro atoms. The van der Waals surface area contributed by atoms with E-state index < -0.39 is 0 Å². The van der Waals surface area contributed by atoms with E-state index in [0.717, 1.165) is 31.7 Å². The molecule has 2 atom stereocenters. The molecule has 2 aliphatic rings. The maximum atomic E-state index is 13.1. The molecular weight excluding hydrogens is 392 g/mol. The third kappa shape index (κ3) is 6.20. The first-order valence-corrected chi connectivity index (χ1v) is 11.4. The summed E-state index contributed by atoms with van der Waals surface area (Å²) in [7, 11) is 0. The quantitative estimate of drug-likeness (QED) is 0.669. The summed E-state index contributed by atoms with van der Waals surface area (Å²) in [5.74, 6) is 1.10. The van der Waals surface area contributed by atoms with Gasteiger partial charge in [0, 0.05) is 39.3 Å². The van der Waals surface area contributed by atoms with Crippen molar-refractivity contribution in [1.29, 1.82) is 5.26 Å². The van der Waals surface area contributed by atoms with Crippen LogP contribution in [-0.2, 0) is 9.59 Å². The molecule has 0 bridgehead atoms. The predicted molar refractivity (Wildman–Crippen MR) is 118 cm³/mol. The Labute approximate surface area is 185 Å². The Balaban J connectivity index is 1.45. The molecule has 2 aliphatic heterocycles. The summed E-state index contributed by atoms with van der Waals surface area (Å²) < 4.78 is 5.64. The number of para-hydroxylation sites is 1. The highest BCUT2D eigenvalue weighted by Crippen LogP contribution is 2.21. The van der Waals surface area contributed by atoms with Crippen LogP contribution in [-0.4, -0.2) is 78.4 Å². The molecule has 0 radical (unpaired) electrons. The summed E-state index contributed by atoms with van der Waals surface area (Å²) in [5, 5.41) is 9.42. The maximum Gasteiger partial charge on any atom is 0.227 e. The molecular formula is C24H34N4O3. The van der Waals surface area contributed by atoms with Crippen molar-refractivity contribution >= 4 is 11.8 Å². The van der Waals surface area contributed by atoms with Crippen molar-refractivity contribution in [1.82, 2.24) is 14.7 Å². The standard InChI is InChI=1S/C24H34N4O3/c1-19(2)22(17-25)26-12-14-27(15-13-26)24(30)20-7-6-11-28(18-20)23(29)10-16-31-21-8-4-3-5-9-21/h3-5,8-9,19-20,22H,6-7,10-16,18H2,1-2H3. The predicted octanol–water partition coefficient (Wildman–Crippen LogP) is 2.39. The first-order valence-electron chi connectivity index (χ1n) is 11.4. The molecule has 0 aromatic heterocycles. The van der Waals surface area contributed by atoms with Gasteiger partial charge in [0.1, 0.15) is 11.8 Å². The Hall–Kier alpha value is -2.59. The van der Waals surface area contributed by atoms with Crippen LogP contribution >= 0.6 is 0 Å². The number of likely N-dealkylation sites (tertiary alicyclic amines) is 1. The van der Waals surface area contributed by atoms with E-state index >= 15 is 0 Å². The van der Waals surface area contributed by atoms with Gasteiger partial charge in [0.05, 0.1) is 25.0 Å². The highest BCUT2D eigenvalue weighted by molar-refractivity contribution is 5.81. The lowest BCUT2D eigenvalue weighted by Crippen LogP contribution is -2.55. The topological polar surface area (TPSA) is 76.9 Å². The van der Waals surface area contributed by atoms with E-state index in [1.807, 2.05) is 40.1 Å². The molecule has 2 heterocycles. The van der Waals surface area contributed by atoms with Crippen molar-refractivity contribution in [2.24, 2.45) is 11.8 Å². The molecule has 7 heteroatoms. The average Bonchev–Trinajstić information content (AvgIpc) is 2.80. The molecule has 2 amide bonds. The van der Waals surface area contributed by atoms with E-state index in [1.165, 1.54) is 0 Å². The first-order chi connectivity index (χ1) is 15.0. The van der Waals surface area contributed by atoms with Crippen molar-refractivity contribution in [3.05, 3.63) is 30.3 Å². The summed E-state index contributed by atoms with van der Waals surface area (Å²) in [5.41, 5.74) is 0. The Morgan fingerprint density at radius 2 is 1.81 bits per heavy atom. The van der Waals surface area contributed by atoms with Gasteiger partial charge in [0.2, 0.25) is 11.8 Å². The summed E-state index contributed by atoms with van der Waals surface area (Å²) in [6.07, 6.45) is 2.00. The van der Waals surface area contributed by atoms with Gasteiger partial charge >= 0.3 is 0 Å². The number of hydrogen-bond acceptors (Lipinski definition) is 5.